The summed E-state index contributed by atoms with van der Waals surface area (Å²) in [6.07, 6.45) is 3.57. The van der Waals surface area contributed by atoms with Gasteiger partial charge in [-0.2, -0.15) is 0 Å². The molecular weight excluding hydrogens is 224 g/mol. The average molecular weight is 240 g/mol. The first-order valence-corrected chi connectivity index (χ1v) is 5.98. The minimum atomic E-state index is -0.0111. The van der Waals surface area contributed by atoms with E-state index in [9.17, 15) is 4.79 Å². The van der Waals surface area contributed by atoms with Crippen molar-refractivity contribution in [1.29, 1.82) is 0 Å². The summed E-state index contributed by atoms with van der Waals surface area (Å²) < 4.78 is 0. The topological polar surface area (TPSA) is 42.0 Å². The molecule has 2 aromatic rings. The van der Waals surface area contributed by atoms with E-state index in [1.807, 2.05) is 56.4 Å². The van der Waals surface area contributed by atoms with Gasteiger partial charge in [0, 0.05) is 24.0 Å². The molecule has 0 unspecified atom stereocenters. The van der Waals surface area contributed by atoms with Crippen LogP contribution in [0.25, 0.3) is 11.1 Å². The zero-order chi connectivity index (χ0) is 13.0. The number of amides is 1. The van der Waals surface area contributed by atoms with Crippen molar-refractivity contribution in [1.82, 2.24) is 4.98 Å². The van der Waals surface area contributed by atoms with Crippen molar-refractivity contribution in [2.45, 2.75) is 13.8 Å². The van der Waals surface area contributed by atoms with E-state index in [0.29, 0.717) is 0 Å². The third-order valence-corrected chi connectivity index (χ3v) is 2.67. The maximum Gasteiger partial charge on any atom is 0.226 e. The Kier molecular flexibility index (Phi) is 3.72. The molecular formula is C15H16N2O. The number of benzene rings is 1. The molecule has 1 N–H and O–H groups in total. The zero-order valence-corrected chi connectivity index (χ0v) is 10.6. The van der Waals surface area contributed by atoms with Crippen LogP contribution in [0.3, 0.4) is 0 Å². The molecule has 2 rings (SSSR count). The predicted octanol–water partition coefficient (Wildman–Crippen LogP) is 3.34. The number of anilines is 1. The van der Waals surface area contributed by atoms with Crippen LogP contribution in [-0.2, 0) is 4.79 Å². The Bertz CT molecular complexity index is 518. The molecule has 0 aliphatic carbocycles. The van der Waals surface area contributed by atoms with Crippen LogP contribution < -0.4 is 5.32 Å². The lowest BCUT2D eigenvalue weighted by molar-refractivity contribution is -0.118. The van der Waals surface area contributed by atoms with Crippen molar-refractivity contribution in [3.05, 3.63) is 48.8 Å². The van der Waals surface area contributed by atoms with Crippen LogP contribution >= 0.6 is 0 Å². The van der Waals surface area contributed by atoms with E-state index in [1.165, 1.54) is 0 Å². The van der Waals surface area contributed by atoms with Crippen molar-refractivity contribution < 1.29 is 4.79 Å². The number of carbonyl (C=O) groups excluding carboxylic acids is 1. The fourth-order valence-corrected chi connectivity index (χ4v) is 1.57. The second-order valence-corrected chi connectivity index (χ2v) is 4.46. The number of pyridine rings is 1. The Balaban J connectivity index is 2.13. The molecule has 1 aromatic heterocycles. The van der Waals surface area contributed by atoms with Crippen LogP contribution in [0.15, 0.2) is 48.8 Å². The van der Waals surface area contributed by atoms with Gasteiger partial charge in [-0.05, 0) is 29.3 Å². The highest BCUT2D eigenvalue weighted by atomic mass is 16.1. The summed E-state index contributed by atoms with van der Waals surface area (Å²) in [4.78, 5) is 15.6. The van der Waals surface area contributed by atoms with Crippen LogP contribution in [0.5, 0.6) is 0 Å². The molecule has 0 atom stereocenters. The molecule has 0 bridgehead atoms. The van der Waals surface area contributed by atoms with E-state index in [0.717, 1.165) is 16.8 Å². The molecule has 0 saturated carbocycles. The first-order chi connectivity index (χ1) is 8.66. The van der Waals surface area contributed by atoms with Gasteiger partial charge in [0.15, 0.2) is 0 Å². The van der Waals surface area contributed by atoms with Gasteiger partial charge in [0.05, 0.1) is 0 Å². The van der Waals surface area contributed by atoms with Crippen LogP contribution in [0.2, 0.25) is 0 Å². The van der Waals surface area contributed by atoms with Gasteiger partial charge in [-0.25, -0.2) is 0 Å². The zero-order valence-electron chi connectivity index (χ0n) is 10.6. The van der Waals surface area contributed by atoms with E-state index in [1.54, 1.807) is 6.20 Å². The van der Waals surface area contributed by atoms with Gasteiger partial charge in [0.25, 0.3) is 0 Å². The van der Waals surface area contributed by atoms with Crippen molar-refractivity contribution in [3.8, 4) is 11.1 Å². The van der Waals surface area contributed by atoms with E-state index in [2.05, 4.69) is 10.3 Å². The Morgan fingerprint density at radius 2 is 1.83 bits per heavy atom. The summed E-state index contributed by atoms with van der Waals surface area (Å²) in [6, 6.07) is 11.7. The van der Waals surface area contributed by atoms with E-state index in [-0.39, 0.29) is 11.8 Å². The lowest BCUT2D eigenvalue weighted by Gasteiger charge is -2.08. The molecule has 1 amide bonds. The number of aromatic nitrogens is 1. The fourth-order valence-electron chi connectivity index (χ4n) is 1.57. The Morgan fingerprint density at radius 1 is 1.11 bits per heavy atom. The third kappa shape index (κ3) is 2.94. The minimum Gasteiger partial charge on any atom is -0.326 e. The summed E-state index contributed by atoms with van der Waals surface area (Å²) in [7, 11) is 0. The number of rotatable bonds is 3. The molecule has 0 spiro atoms. The molecule has 0 radical (unpaired) electrons. The minimum absolute atomic E-state index is 0.0111. The SMILES string of the molecule is CC(C)C(=O)Nc1ccc(-c2cccnc2)cc1. The van der Waals surface area contributed by atoms with Gasteiger partial charge in [-0.1, -0.05) is 32.0 Å². The van der Waals surface area contributed by atoms with Gasteiger partial charge in [0.1, 0.15) is 0 Å². The normalized spacial score (nSPS) is 10.4. The summed E-state index contributed by atoms with van der Waals surface area (Å²) in [5.41, 5.74) is 2.98. The molecule has 92 valence electrons. The standard InChI is InChI=1S/C15H16N2O/c1-11(2)15(18)17-14-7-5-12(6-8-14)13-4-3-9-16-10-13/h3-11H,1-2H3,(H,17,18). The second-order valence-electron chi connectivity index (χ2n) is 4.46. The van der Waals surface area contributed by atoms with E-state index in [4.69, 9.17) is 0 Å². The summed E-state index contributed by atoms with van der Waals surface area (Å²) >= 11 is 0. The van der Waals surface area contributed by atoms with Crippen molar-refractivity contribution in [3.63, 3.8) is 0 Å². The summed E-state index contributed by atoms with van der Waals surface area (Å²) in [5, 5.41) is 2.87. The van der Waals surface area contributed by atoms with Gasteiger partial charge >= 0.3 is 0 Å². The fraction of sp³-hybridized carbons (Fsp3) is 0.200. The molecule has 3 heteroatoms. The monoisotopic (exact) mass is 240 g/mol. The van der Waals surface area contributed by atoms with Gasteiger partial charge in [-0.15, -0.1) is 0 Å². The van der Waals surface area contributed by atoms with Crippen LogP contribution in [0.4, 0.5) is 5.69 Å². The highest BCUT2D eigenvalue weighted by Gasteiger charge is 2.06. The van der Waals surface area contributed by atoms with Crippen molar-refractivity contribution in [2.75, 3.05) is 5.32 Å². The second kappa shape index (κ2) is 5.45. The Morgan fingerprint density at radius 3 is 2.39 bits per heavy atom. The lowest BCUT2D eigenvalue weighted by Crippen LogP contribution is -2.17. The summed E-state index contributed by atoms with van der Waals surface area (Å²) in [6.45, 7) is 3.75. The highest BCUT2D eigenvalue weighted by molar-refractivity contribution is 5.92. The van der Waals surface area contributed by atoms with Gasteiger partial charge in [-0.3, -0.25) is 9.78 Å². The van der Waals surface area contributed by atoms with Gasteiger partial charge in [0.2, 0.25) is 5.91 Å². The van der Waals surface area contributed by atoms with E-state index < -0.39 is 0 Å². The van der Waals surface area contributed by atoms with E-state index >= 15 is 0 Å². The quantitative estimate of drug-likeness (QED) is 0.894. The maximum atomic E-state index is 11.5. The first-order valence-electron chi connectivity index (χ1n) is 5.98. The average Bonchev–Trinajstić information content (AvgIpc) is 2.40. The summed E-state index contributed by atoms with van der Waals surface area (Å²) in [5.74, 6) is 0.0205. The largest absolute Gasteiger partial charge is 0.326 e. The Labute approximate surface area is 107 Å². The molecule has 3 nitrogen and oxygen atoms in total. The predicted molar refractivity (Wildman–Crippen MR) is 73.1 cm³/mol. The van der Waals surface area contributed by atoms with Gasteiger partial charge < -0.3 is 5.32 Å². The number of carbonyl (C=O) groups is 1. The van der Waals surface area contributed by atoms with Crippen molar-refractivity contribution in [2.24, 2.45) is 5.92 Å². The molecule has 1 heterocycles. The van der Waals surface area contributed by atoms with Crippen molar-refractivity contribution >= 4 is 11.6 Å². The molecule has 0 fully saturated rings. The third-order valence-electron chi connectivity index (χ3n) is 2.67. The molecule has 1 aromatic carbocycles. The molecule has 18 heavy (non-hydrogen) atoms. The number of hydrogen-bond acceptors (Lipinski definition) is 2. The lowest BCUT2D eigenvalue weighted by atomic mass is 10.1. The number of hydrogen-bond donors (Lipinski definition) is 1. The molecule has 0 saturated heterocycles. The van der Waals surface area contributed by atoms with Crippen LogP contribution in [0.1, 0.15) is 13.8 Å². The molecule has 0 aliphatic rings. The smallest absolute Gasteiger partial charge is 0.226 e. The molecule has 0 aliphatic heterocycles. The highest BCUT2D eigenvalue weighted by Crippen LogP contribution is 2.20. The number of nitrogens with zero attached hydrogens (tertiary/aromatic N) is 1. The first kappa shape index (κ1) is 12.3. The number of nitrogens with one attached hydrogen (secondary N) is 1. The maximum absolute atomic E-state index is 11.5. The Hall–Kier alpha value is -2.16. The van der Waals surface area contributed by atoms with Crippen LogP contribution in [-0.4, -0.2) is 10.9 Å². The van der Waals surface area contributed by atoms with Crippen LogP contribution in [0, 0.1) is 5.92 Å².